The molecule has 0 saturated carbocycles. The maximum atomic E-state index is 12.4. The number of carbonyl (C=O) groups is 1. The topological polar surface area (TPSA) is 62.1 Å². The highest BCUT2D eigenvalue weighted by atomic mass is 35.5. The Morgan fingerprint density at radius 1 is 1.00 bits per heavy atom. The third-order valence-electron chi connectivity index (χ3n) is 3.92. The molecule has 1 N–H and O–H groups in total. The fourth-order valence-electron chi connectivity index (χ4n) is 2.50. The van der Waals surface area contributed by atoms with Crippen LogP contribution in [0.2, 0.25) is 5.02 Å². The van der Waals surface area contributed by atoms with Crippen LogP contribution in [0.15, 0.2) is 84.4 Å². The summed E-state index contributed by atoms with van der Waals surface area (Å²) in [4.78, 5) is 12.4. The molecule has 0 unspecified atom stereocenters. The van der Waals surface area contributed by atoms with Crippen LogP contribution in [0.4, 0.5) is 5.69 Å². The van der Waals surface area contributed by atoms with Crippen molar-refractivity contribution in [2.24, 2.45) is 0 Å². The molecule has 5 heteroatoms. The zero-order valence-corrected chi connectivity index (χ0v) is 15.7. The summed E-state index contributed by atoms with van der Waals surface area (Å²) >= 11 is 5.85. The molecule has 4 nitrogen and oxygen atoms in total. The van der Waals surface area contributed by atoms with Crippen LogP contribution in [0.25, 0.3) is 6.08 Å². The quantitative estimate of drug-likeness (QED) is 0.450. The number of nitrogens with one attached hydrogen (secondary N) is 1. The fourth-order valence-corrected chi connectivity index (χ4v) is 2.63. The highest BCUT2D eigenvalue weighted by Crippen LogP contribution is 2.23. The predicted molar refractivity (Wildman–Crippen MR) is 111 cm³/mol. The molecule has 28 heavy (non-hydrogen) atoms. The molecule has 0 atom stereocenters. The average molecular weight is 389 g/mol. The van der Waals surface area contributed by atoms with Crippen molar-refractivity contribution >= 4 is 29.3 Å². The molecule has 0 heterocycles. The zero-order valence-electron chi connectivity index (χ0n) is 14.9. The lowest BCUT2D eigenvalue weighted by Crippen LogP contribution is -2.13. The second kappa shape index (κ2) is 9.40. The van der Waals surface area contributed by atoms with Gasteiger partial charge in [-0.2, -0.15) is 5.26 Å². The second-order valence-corrected chi connectivity index (χ2v) is 6.38. The van der Waals surface area contributed by atoms with Gasteiger partial charge in [0, 0.05) is 16.3 Å². The van der Waals surface area contributed by atoms with Crippen LogP contribution in [-0.2, 0) is 11.4 Å². The number of hydrogen-bond donors (Lipinski definition) is 1. The summed E-state index contributed by atoms with van der Waals surface area (Å²) in [7, 11) is 0. The van der Waals surface area contributed by atoms with E-state index < -0.39 is 5.91 Å². The second-order valence-electron chi connectivity index (χ2n) is 5.94. The Labute approximate surface area is 168 Å². The van der Waals surface area contributed by atoms with Gasteiger partial charge in [-0.25, -0.2) is 0 Å². The minimum atomic E-state index is -0.498. The third-order valence-corrected chi connectivity index (χ3v) is 4.18. The molecule has 0 bridgehead atoms. The number of rotatable bonds is 6. The van der Waals surface area contributed by atoms with E-state index in [1.165, 1.54) is 6.08 Å². The van der Waals surface area contributed by atoms with Gasteiger partial charge in [-0.3, -0.25) is 4.79 Å². The van der Waals surface area contributed by atoms with Crippen molar-refractivity contribution < 1.29 is 9.53 Å². The van der Waals surface area contributed by atoms with Gasteiger partial charge in [0.1, 0.15) is 24.0 Å². The molecule has 0 aromatic heterocycles. The normalized spacial score (nSPS) is 10.8. The van der Waals surface area contributed by atoms with Crippen LogP contribution in [0.5, 0.6) is 5.75 Å². The molecule has 3 rings (SSSR count). The average Bonchev–Trinajstić information content (AvgIpc) is 2.73. The summed E-state index contributed by atoms with van der Waals surface area (Å²) < 4.78 is 5.88. The van der Waals surface area contributed by atoms with Gasteiger partial charge in [-0.05, 0) is 42.0 Å². The first-order valence-electron chi connectivity index (χ1n) is 8.60. The smallest absolute Gasteiger partial charge is 0.266 e. The minimum absolute atomic E-state index is 0.0225. The standard InChI is InChI=1S/C23H17ClN2O2/c24-20-10-12-21(13-11-20)26-23(27)19(15-25)14-18-8-4-5-9-22(18)28-16-17-6-2-1-3-7-17/h1-14H,16H2,(H,26,27)/b19-14-. The Hall–Kier alpha value is -3.55. The number of para-hydroxylation sites is 1. The van der Waals surface area contributed by atoms with E-state index in [9.17, 15) is 10.1 Å². The molecule has 3 aromatic carbocycles. The summed E-state index contributed by atoms with van der Waals surface area (Å²) in [6.45, 7) is 0.393. The summed E-state index contributed by atoms with van der Waals surface area (Å²) in [6.07, 6.45) is 1.52. The predicted octanol–water partition coefficient (Wildman–Crippen LogP) is 5.46. The van der Waals surface area contributed by atoms with E-state index in [1.807, 2.05) is 48.5 Å². The first-order valence-corrected chi connectivity index (χ1v) is 8.98. The van der Waals surface area contributed by atoms with Crippen LogP contribution < -0.4 is 10.1 Å². The van der Waals surface area contributed by atoms with E-state index in [4.69, 9.17) is 16.3 Å². The molecule has 0 aliphatic carbocycles. The van der Waals surface area contributed by atoms with Gasteiger partial charge in [-0.15, -0.1) is 0 Å². The summed E-state index contributed by atoms with van der Waals surface area (Å²) in [5.74, 6) is 0.0982. The first kappa shape index (κ1) is 19.2. The Balaban J connectivity index is 1.77. The van der Waals surface area contributed by atoms with Gasteiger partial charge >= 0.3 is 0 Å². The number of hydrogen-bond acceptors (Lipinski definition) is 3. The molecular formula is C23H17ClN2O2. The Morgan fingerprint density at radius 2 is 1.68 bits per heavy atom. The Morgan fingerprint density at radius 3 is 2.39 bits per heavy atom. The molecular weight excluding hydrogens is 372 g/mol. The summed E-state index contributed by atoms with van der Waals surface area (Å²) in [5, 5.41) is 12.7. The van der Waals surface area contributed by atoms with Crippen LogP contribution in [0, 0.1) is 11.3 Å². The number of benzene rings is 3. The van der Waals surface area contributed by atoms with Crippen LogP contribution in [-0.4, -0.2) is 5.91 Å². The van der Waals surface area contributed by atoms with Crippen LogP contribution in [0.3, 0.4) is 0 Å². The lowest BCUT2D eigenvalue weighted by Gasteiger charge is -2.10. The van der Waals surface area contributed by atoms with Gasteiger partial charge < -0.3 is 10.1 Å². The van der Waals surface area contributed by atoms with Crippen molar-refractivity contribution in [1.82, 2.24) is 0 Å². The van der Waals surface area contributed by atoms with E-state index in [0.717, 1.165) is 5.56 Å². The highest BCUT2D eigenvalue weighted by Gasteiger charge is 2.11. The maximum Gasteiger partial charge on any atom is 0.266 e. The highest BCUT2D eigenvalue weighted by molar-refractivity contribution is 6.30. The van der Waals surface area contributed by atoms with Crippen LogP contribution in [0.1, 0.15) is 11.1 Å². The molecule has 0 spiro atoms. The monoisotopic (exact) mass is 388 g/mol. The number of amides is 1. The number of nitriles is 1. The van der Waals surface area contributed by atoms with E-state index in [2.05, 4.69) is 5.32 Å². The van der Waals surface area contributed by atoms with Crippen molar-refractivity contribution in [3.05, 3.63) is 101 Å². The van der Waals surface area contributed by atoms with Crippen molar-refractivity contribution in [2.75, 3.05) is 5.32 Å². The van der Waals surface area contributed by atoms with E-state index in [0.29, 0.717) is 28.6 Å². The SMILES string of the molecule is N#C/C(=C/c1ccccc1OCc1ccccc1)C(=O)Nc1ccc(Cl)cc1. The molecule has 0 saturated heterocycles. The number of nitrogens with zero attached hydrogens (tertiary/aromatic N) is 1. The summed E-state index contributed by atoms with van der Waals surface area (Å²) in [6, 6.07) is 25.7. The van der Waals surface area contributed by atoms with E-state index >= 15 is 0 Å². The zero-order chi connectivity index (χ0) is 19.8. The third kappa shape index (κ3) is 5.23. The number of anilines is 1. The largest absolute Gasteiger partial charge is 0.488 e. The van der Waals surface area contributed by atoms with Gasteiger partial charge in [0.05, 0.1) is 0 Å². The molecule has 0 radical (unpaired) electrons. The van der Waals surface area contributed by atoms with Crippen molar-refractivity contribution in [1.29, 1.82) is 5.26 Å². The van der Waals surface area contributed by atoms with E-state index in [1.54, 1.807) is 36.4 Å². The maximum absolute atomic E-state index is 12.4. The molecule has 0 aliphatic rings. The van der Waals surface area contributed by atoms with Crippen LogP contribution >= 0.6 is 11.6 Å². The molecule has 1 amide bonds. The van der Waals surface area contributed by atoms with Gasteiger partial charge in [-0.1, -0.05) is 60.1 Å². The Bertz CT molecular complexity index is 1020. The lowest BCUT2D eigenvalue weighted by atomic mass is 10.1. The number of halogens is 1. The van der Waals surface area contributed by atoms with Gasteiger partial charge in [0.25, 0.3) is 5.91 Å². The number of ether oxygens (including phenoxy) is 1. The van der Waals surface area contributed by atoms with E-state index in [-0.39, 0.29) is 5.57 Å². The lowest BCUT2D eigenvalue weighted by molar-refractivity contribution is -0.112. The molecule has 0 aliphatic heterocycles. The summed E-state index contributed by atoms with van der Waals surface area (Å²) in [5.41, 5.74) is 2.22. The Kier molecular flexibility index (Phi) is 6.46. The van der Waals surface area contributed by atoms with Crippen molar-refractivity contribution in [2.45, 2.75) is 6.61 Å². The first-order chi connectivity index (χ1) is 13.7. The molecule has 3 aromatic rings. The fraction of sp³-hybridized carbons (Fsp3) is 0.0435. The molecule has 138 valence electrons. The molecule has 0 fully saturated rings. The van der Waals surface area contributed by atoms with Crippen molar-refractivity contribution in [3.63, 3.8) is 0 Å². The number of carbonyl (C=O) groups excluding carboxylic acids is 1. The van der Waals surface area contributed by atoms with Gasteiger partial charge in [0.15, 0.2) is 0 Å². The minimum Gasteiger partial charge on any atom is -0.488 e. The van der Waals surface area contributed by atoms with Gasteiger partial charge in [0.2, 0.25) is 0 Å². The van der Waals surface area contributed by atoms with Crippen molar-refractivity contribution in [3.8, 4) is 11.8 Å².